The molecule has 1 N–H and O–H groups in total. The predicted octanol–water partition coefficient (Wildman–Crippen LogP) is 2.10. The van der Waals surface area contributed by atoms with Gasteiger partial charge in [-0.05, 0) is 6.54 Å². The Bertz CT molecular complexity index is 592. The molecular weight excluding hydrogens is 244 g/mol. The largest absolute Gasteiger partial charge is 0.313 e. The molecule has 19 heavy (non-hydrogen) atoms. The van der Waals surface area contributed by atoms with Gasteiger partial charge in [0.2, 0.25) is 0 Å². The minimum atomic E-state index is -0.392. The van der Waals surface area contributed by atoms with Crippen LogP contribution < -0.4 is 5.32 Å². The van der Waals surface area contributed by atoms with Crippen LogP contribution in [0.2, 0.25) is 0 Å². The molecule has 2 aromatic rings. The van der Waals surface area contributed by atoms with E-state index in [1.165, 1.54) is 6.07 Å². The van der Waals surface area contributed by atoms with E-state index in [-0.39, 0.29) is 5.69 Å². The van der Waals surface area contributed by atoms with Gasteiger partial charge in [-0.25, -0.2) is 0 Å². The number of nitro benzene ring substituents is 1. The monoisotopic (exact) mass is 260 g/mol. The van der Waals surface area contributed by atoms with Crippen molar-refractivity contribution in [2.24, 2.45) is 7.05 Å². The summed E-state index contributed by atoms with van der Waals surface area (Å²) in [5.41, 5.74) is 2.66. The van der Waals surface area contributed by atoms with Crippen LogP contribution in [0.4, 0.5) is 5.69 Å². The second-order valence-electron chi connectivity index (χ2n) is 4.26. The van der Waals surface area contributed by atoms with E-state index in [0.717, 1.165) is 23.4 Å². The van der Waals surface area contributed by atoms with E-state index in [1.54, 1.807) is 16.8 Å². The molecule has 0 bridgehead atoms. The SMILES string of the molecule is CCNCc1cn(C)nc1-c1cccc([N+](=O)[O-])c1. The molecule has 0 atom stereocenters. The maximum absolute atomic E-state index is 10.8. The molecule has 0 aliphatic heterocycles. The van der Waals surface area contributed by atoms with E-state index in [4.69, 9.17) is 0 Å². The topological polar surface area (TPSA) is 73.0 Å². The van der Waals surface area contributed by atoms with E-state index in [0.29, 0.717) is 6.54 Å². The third-order valence-electron chi connectivity index (χ3n) is 2.80. The number of nitrogens with zero attached hydrogens (tertiary/aromatic N) is 3. The number of non-ortho nitro benzene ring substituents is 1. The normalized spacial score (nSPS) is 10.6. The van der Waals surface area contributed by atoms with Gasteiger partial charge in [0.25, 0.3) is 5.69 Å². The van der Waals surface area contributed by atoms with Gasteiger partial charge in [0.05, 0.1) is 10.6 Å². The molecule has 0 radical (unpaired) electrons. The lowest BCUT2D eigenvalue weighted by Crippen LogP contribution is -2.11. The molecule has 0 aliphatic rings. The fourth-order valence-corrected chi connectivity index (χ4v) is 1.94. The molecule has 0 aliphatic carbocycles. The van der Waals surface area contributed by atoms with Gasteiger partial charge in [-0.2, -0.15) is 5.10 Å². The van der Waals surface area contributed by atoms with Crippen LogP contribution in [0, 0.1) is 10.1 Å². The summed E-state index contributed by atoms with van der Waals surface area (Å²) in [5.74, 6) is 0. The summed E-state index contributed by atoms with van der Waals surface area (Å²) in [6.07, 6.45) is 1.93. The van der Waals surface area contributed by atoms with Gasteiger partial charge >= 0.3 is 0 Å². The maximum atomic E-state index is 10.8. The average molecular weight is 260 g/mol. The van der Waals surface area contributed by atoms with Gasteiger partial charge in [0, 0.05) is 43.0 Å². The van der Waals surface area contributed by atoms with Gasteiger partial charge in [-0.3, -0.25) is 14.8 Å². The number of rotatable bonds is 5. The second-order valence-corrected chi connectivity index (χ2v) is 4.26. The standard InChI is InChI=1S/C13H16N4O2/c1-3-14-8-11-9-16(2)15-13(11)10-5-4-6-12(7-10)17(18)19/h4-7,9,14H,3,8H2,1-2H3. The molecule has 0 unspecified atom stereocenters. The third-order valence-corrected chi connectivity index (χ3v) is 2.80. The van der Waals surface area contributed by atoms with Crippen molar-refractivity contribution in [1.29, 1.82) is 0 Å². The molecule has 6 heteroatoms. The Hall–Kier alpha value is -2.21. The van der Waals surface area contributed by atoms with E-state index < -0.39 is 4.92 Å². The van der Waals surface area contributed by atoms with Crippen molar-refractivity contribution in [3.05, 3.63) is 46.1 Å². The van der Waals surface area contributed by atoms with Crippen LogP contribution in [0.5, 0.6) is 0 Å². The Labute approximate surface area is 111 Å². The first-order chi connectivity index (χ1) is 9.11. The molecule has 0 amide bonds. The Morgan fingerprint density at radius 2 is 2.26 bits per heavy atom. The first kappa shape index (κ1) is 13.2. The summed E-state index contributed by atoms with van der Waals surface area (Å²) in [4.78, 5) is 10.4. The number of hydrogen-bond acceptors (Lipinski definition) is 4. The minimum absolute atomic E-state index is 0.0811. The van der Waals surface area contributed by atoms with Gasteiger partial charge in [-0.15, -0.1) is 0 Å². The van der Waals surface area contributed by atoms with Crippen LogP contribution in [-0.4, -0.2) is 21.2 Å². The molecule has 6 nitrogen and oxygen atoms in total. The summed E-state index contributed by atoms with van der Waals surface area (Å²) >= 11 is 0. The molecule has 100 valence electrons. The number of nitro groups is 1. The molecule has 2 rings (SSSR count). The maximum Gasteiger partial charge on any atom is 0.270 e. The summed E-state index contributed by atoms with van der Waals surface area (Å²) in [6, 6.07) is 6.55. The Morgan fingerprint density at radius 3 is 2.95 bits per heavy atom. The lowest BCUT2D eigenvalue weighted by Gasteiger charge is -2.03. The molecule has 0 saturated carbocycles. The van der Waals surface area contributed by atoms with Crippen LogP contribution in [0.25, 0.3) is 11.3 Å². The Balaban J connectivity index is 2.40. The fraction of sp³-hybridized carbons (Fsp3) is 0.308. The quantitative estimate of drug-likeness (QED) is 0.660. The zero-order valence-corrected chi connectivity index (χ0v) is 11.0. The molecule has 1 aromatic heterocycles. The highest BCUT2D eigenvalue weighted by molar-refractivity contribution is 5.65. The minimum Gasteiger partial charge on any atom is -0.313 e. The van der Waals surface area contributed by atoms with Gasteiger partial charge < -0.3 is 5.32 Å². The zero-order chi connectivity index (χ0) is 13.8. The Morgan fingerprint density at radius 1 is 1.47 bits per heavy atom. The van der Waals surface area contributed by atoms with E-state index in [2.05, 4.69) is 10.4 Å². The van der Waals surface area contributed by atoms with Gasteiger partial charge in [0.15, 0.2) is 0 Å². The van der Waals surface area contributed by atoms with Crippen molar-refractivity contribution in [3.63, 3.8) is 0 Å². The summed E-state index contributed by atoms with van der Waals surface area (Å²) < 4.78 is 1.72. The van der Waals surface area contributed by atoms with Gasteiger partial charge in [0.1, 0.15) is 0 Å². The van der Waals surface area contributed by atoms with Crippen LogP contribution in [-0.2, 0) is 13.6 Å². The first-order valence-electron chi connectivity index (χ1n) is 6.10. The van der Waals surface area contributed by atoms with Crippen molar-refractivity contribution in [2.45, 2.75) is 13.5 Å². The number of aryl methyl sites for hydroxylation is 1. The Kier molecular flexibility index (Phi) is 3.91. The van der Waals surface area contributed by atoms with Gasteiger partial charge in [-0.1, -0.05) is 19.1 Å². The van der Waals surface area contributed by atoms with E-state index in [9.17, 15) is 10.1 Å². The van der Waals surface area contributed by atoms with Crippen molar-refractivity contribution in [2.75, 3.05) is 6.54 Å². The van der Waals surface area contributed by atoms with Crippen molar-refractivity contribution >= 4 is 5.69 Å². The number of hydrogen-bond donors (Lipinski definition) is 1. The molecule has 0 spiro atoms. The highest BCUT2D eigenvalue weighted by Crippen LogP contribution is 2.25. The third kappa shape index (κ3) is 2.97. The first-order valence-corrected chi connectivity index (χ1v) is 6.10. The van der Waals surface area contributed by atoms with E-state index >= 15 is 0 Å². The van der Waals surface area contributed by atoms with Crippen LogP contribution in [0.1, 0.15) is 12.5 Å². The fourth-order valence-electron chi connectivity index (χ4n) is 1.94. The average Bonchev–Trinajstić information content (AvgIpc) is 2.77. The van der Waals surface area contributed by atoms with E-state index in [1.807, 2.05) is 26.2 Å². The van der Waals surface area contributed by atoms with Crippen molar-refractivity contribution < 1.29 is 4.92 Å². The molecular formula is C13H16N4O2. The zero-order valence-electron chi connectivity index (χ0n) is 11.0. The van der Waals surface area contributed by atoms with Crippen LogP contribution in [0.3, 0.4) is 0 Å². The molecule has 1 aromatic carbocycles. The lowest BCUT2D eigenvalue weighted by molar-refractivity contribution is -0.384. The van der Waals surface area contributed by atoms with Crippen molar-refractivity contribution in [3.8, 4) is 11.3 Å². The second kappa shape index (κ2) is 5.62. The number of aromatic nitrogens is 2. The highest BCUT2D eigenvalue weighted by Gasteiger charge is 2.13. The lowest BCUT2D eigenvalue weighted by atomic mass is 10.1. The van der Waals surface area contributed by atoms with Crippen LogP contribution in [0.15, 0.2) is 30.5 Å². The molecule has 0 fully saturated rings. The summed E-state index contributed by atoms with van der Waals surface area (Å²) in [5, 5.41) is 18.4. The number of nitrogens with one attached hydrogen (secondary N) is 1. The van der Waals surface area contributed by atoms with Crippen LogP contribution >= 0.6 is 0 Å². The summed E-state index contributed by atoms with van der Waals surface area (Å²) in [7, 11) is 1.84. The molecule has 1 heterocycles. The smallest absolute Gasteiger partial charge is 0.270 e. The highest BCUT2D eigenvalue weighted by atomic mass is 16.6. The number of benzene rings is 1. The van der Waals surface area contributed by atoms with Crippen molar-refractivity contribution in [1.82, 2.24) is 15.1 Å². The molecule has 0 saturated heterocycles. The summed E-state index contributed by atoms with van der Waals surface area (Å²) in [6.45, 7) is 3.59. The predicted molar refractivity (Wildman–Crippen MR) is 72.7 cm³/mol.